The zero-order valence-corrected chi connectivity index (χ0v) is 14.2. The Morgan fingerprint density at radius 2 is 1.57 bits per heavy atom. The smallest absolute Gasteiger partial charge is 0.338 e. The lowest BCUT2D eigenvalue weighted by Gasteiger charge is -2.13. The Morgan fingerprint density at radius 3 is 2.30 bits per heavy atom. The summed E-state index contributed by atoms with van der Waals surface area (Å²) in [5.41, 5.74) is 4.07. The highest BCUT2D eigenvalue weighted by Crippen LogP contribution is 2.29. The van der Waals surface area contributed by atoms with Gasteiger partial charge in [0.25, 0.3) is 0 Å². The predicted octanol–water partition coefficient (Wildman–Crippen LogP) is 5.65. The monoisotopic (exact) mass is 310 g/mol. The van der Waals surface area contributed by atoms with Gasteiger partial charge in [0.2, 0.25) is 0 Å². The van der Waals surface area contributed by atoms with Crippen LogP contribution < -0.4 is 0 Å². The Bertz CT molecular complexity index is 631. The van der Waals surface area contributed by atoms with Crippen molar-refractivity contribution in [2.24, 2.45) is 0 Å². The first-order valence-electron chi connectivity index (χ1n) is 8.62. The summed E-state index contributed by atoms with van der Waals surface area (Å²) >= 11 is 0. The molecule has 0 amide bonds. The van der Waals surface area contributed by atoms with Gasteiger partial charge in [-0.1, -0.05) is 68.7 Å². The molecule has 0 atom stereocenters. The number of carbonyl (C=O) groups is 1. The molecule has 2 rings (SSSR count). The number of benzene rings is 2. The molecule has 0 radical (unpaired) electrons. The fourth-order valence-corrected chi connectivity index (χ4v) is 2.85. The van der Waals surface area contributed by atoms with Crippen LogP contribution in [0.3, 0.4) is 0 Å². The summed E-state index contributed by atoms with van der Waals surface area (Å²) in [7, 11) is 0. The molecule has 0 aliphatic carbocycles. The third kappa shape index (κ3) is 4.69. The van der Waals surface area contributed by atoms with Crippen molar-refractivity contribution in [3.8, 4) is 11.1 Å². The number of rotatable bonds is 8. The lowest BCUT2D eigenvalue weighted by Crippen LogP contribution is -2.07. The van der Waals surface area contributed by atoms with Crippen molar-refractivity contribution < 1.29 is 9.53 Å². The van der Waals surface area contributed by atoms with Crippen molar-refractivity contribution in [3.05, 3.63) is 59.7 Å². The molecule has 0 fully saturated rings. The highest BCUT2D eigenvalue weighted by molar-refractivity contribution is 5.97. The van der Waals surface area contributed by atoms with Gasteiger partial charge in [-0.15, -0.1) is 0 Å². The molecule has 2 nitrogen and oxygen atoms in total. The van der Waals surface area contributed by atoms with E-state index in [1.165, 1.54) is 31.2 Å². The molecule has 0 heterocycles. The average Bonchev–Trinajstić information content (AvgIpc) is 2.59. The van der Waals surface area contributed by atoms with Crippen molar-refractivity contribution in [2.75, 3.05) is 6.61 Å². The van der Waals surface area contributed by atoms with E-state index in [9.17, 15) is 4.79 Å². The lowest BCUT2D eigenvalue weighted by molar-refractivity contribution is 0.0527. The molecule has 23 heavy (non-hydrogen) atoms. The number of carbonyl (C=O) groups excluding carboxylic acids is 1. The van der Waals surface area contributed by atoms with Crippen molar-refractivity contribution in [3.63, 3.8) is 0 Å². The van der Waals surface area contributed by atoms with E-state index in [4.69, 9.17) is 4.74 Å². The van der Waals surface area contributed by atoms with Gasteiger partial charge in [0, 0.05) is 0 Å². The third-order valence-electron chi connectivity index (χ3n) is 4.03. The van der Waals surface area contributed by atoms with E-state index in [1.54, 1.807) is 0 Å². The zero-order valence-electron chi connectivity index (χ0n) is 14.2. The van der Waals surface area contributed by atoms with Gasteiger partial charge in [0.15, 0.2) is 0 Å². The van der Waals surface area contributed by atoms with Crippen LogP contribution in [0.25, 0.3) is 11.1 Å². The molecule has 2 heteroatoms. The first-order valence-corrected chi connectivity index (χ1v) is 8.62. The highest BCUT2D eigenvalue weighted by Gasteiger charge is 2.15. The molecule has 2 aromatic carbocycles. The minimum absolute atomic E-state index is 0.246. The molecule has 0 aliphatic heterocycles. The maximum Gasteiger partial charge on any atom is 0.338 e. The van der Waals surface area contributed by atoms with Crippen LogP contribution >= 0.6 is 0 Å². The van der Waals surface area contributed by atoms with E-state index >= 15 is 0 Å². The fraction of sp³-hybridized carbons (Fsp3) is 0.381. The van der Waals surface area contributed by atoms with Crippen LogP contribution in [-0.4, -0.2) is 12.6 Å². The summed E-state index contributed by atoms with van der Waals surface area (Å²) in [5.74, 6) is -0.246. The molecule has 122 valence electrons. The second-order valence-corrected chi connectivity index (χ2v) is 5.73. The van der Waals surface area contributed by atoms with Gasteiger partial charge in [0.1, 0.15) is 0 Å². The van der Waals surface area contributed by atoms with Gasteiger partial charge in [0.05, 0.1) is 12.2 Å². The Hall–Kier alpha value is -2.09. The summed E-state index contributed by atoms with van der Waals surface area (Å²) in [4.78, 5) is 12.2. The Kier molecular flexibility index (Phi) is 6.86. The lowest BCUT2D eigenvalue weighted by atomic mass is 9.93. The SMILES string of the molecule is CCCCCCc1ccccc1-c1ccccc1C(=O)OCC. The molecule has 0 bridgehead atoms. The molecule has 0 unspecified atom stereocenters. The standard InChI is InChI=1S/C21H26O2/c1-3-5-6-7-12-17-13-8-9-14-18(17)19-15-10-11-16-20(19)21(22)23-4-2/h8-11,13-16H,3-7,12H2,1-2H3. The Labute approximate surface area is 139 Å². The van der Waals surface area contributed by atoms with E-state index in [1.807, 2.05) is 37.3 Å². The van der Waals surface area contributed by atoms with Crippen LogP contribution in [0, 0.1) is 0 Å². The maximum atomic E-state index is 12.2. The third-order valence-corrected chi connectivity index (χ3v) is 4.03. The van der Waals surface area contributed by atoms with Crippen LogP contribution in [0.1, 0.15) is 55.5 Å². The molecule has 0 N–H and O–H groups in total. The second kappa shape index (κ2) is 9.14. The topological polar surface area (TPSA) is 26.3 Å². The van der Waals surface area contributed by atoms with Crippen molar-refractivity contribution >= 4 is 5.97 Å². The normalized spacial score (nSPS) is 10.5. The van der Waals surface area contributed by atoms with Gasteiger partial charge >= 0.3 is 5.97 Å². The summed E-state index contributed by atoms with van der Waals surface area (Å²) < 4.78 is 5.20. The van der Waals surface area contributed by atoms with Crippen LogP contribution in [-0.2, 0) is 11.2 Å². The van der Waals surface area contributed by atoms with Gasteiger partial charge in [-0.2, -0.15) is 0 Å². The number of hydrogen-bond acceptors (Lipinski definition) is 2. The van der Waals surface area contributed by atoms with Gasteiger partial charge in [-0.3, -0.25) is 0 Å². The van der Waals surface area contributed by atoms with Crippen LogP contribution in [0.4, 0.5) is 0 Å². The first-order chi connectivity index (χ1) is 11.3. The number of esters is 1. The van der Waals surface area contributed by atoms with Crippen molar-refractivity contribution in [1.82, 2.24) is 0 Å². The second-order valence-electron chi connectivity index (χ2n) is 5.73. The number of aryl methyl sites for hydroxylation is 1. The summed E-state index contributed by atoms with van der Waals surface area (Å²) in [6.07, 6.45) is 6.01. The molecule has 0 spiro atoms. The summed E-state index contributed by atoms with van der Waals surface area (Å²) in [6, 6.07) is 16.1. The molecular weight excluding hydrogens is 284 g/mol. The molecule has 0 saturated carbocycles. The maximum absolute atomic E-state index is 12.2. The van der Waals surface area contributed by atoms with E-state index in [2.05, 4.69) is 25.1 Å². The Balaban J connectivity index is 2.30. The zero-order chi connectivity index (χ0) is 16.5. The number of hydrogen-bond donors (Lipinski definition) is 0. The van der Waals surface area contributed by atoms with E-state index in [-0.39, 0.29) is 5.97 Å². The minimum atomic E-state index is -0.246. The fourth-order valence-electron chi connectivity index (χ4n) is 2.85. The first kappa shape index (κ1) is 17.3. The van der Waals surface area contributed by atoms with Crippen molar-refractivity contribution in [2.45, 2.75) is 46.0 Å². The highest BCUT2D eigenvalue weighted by atomic mass is 16.5. The van der Waals surface area contributed by atoms with Gasteiger partial charge in [-0.25, -0.2) is 4.79 Å². The number of ether oxygens (including phenoxy) is 1. The molecule has 0 aliphatic rings. The van der Waals surface area contributed by atoms with Crippen LogP contribution in [0.5, 0.6) is 0 Å². The largest absolute Gasteiger partial charge is 0.462 e. The Morgan fingerprint density at radius 1 is 0.870 bits per heavy atom. The molecule has 0 saturated heterocycles. The van der Waals surface area contributed by atoms with E-state index in [0.29, 0.717) is 12.2 Å². The van der Waals surface area contributed by atoms with E-state index < -0.39 is 0 Å². The summed E-state index contributed by atoms with van der Waals surface area (Å²) in [6.45, 7) is 4.46. The van der Waals surface area contributed by atoms with Crippen LogP contribution in [0.15, 0.2) is 48.5 Å². The number of unbranched alkanes of at least 4 members (excludes halogenated alkanes) is 3. The molecular formula is C21H26O2. The van der Waals surface area contributed by atoms with Crippen molar-refractivity contribution in [1.29, 1.82) is 0 Å². The summed E-state index contributed by atoms with van der Waals surface area (Å²) in [5, 5.41) is 0. The quantitative estimate of drug-likeness (QED) is 0.465. The average molecular weight is 310 g/mol. The van der Waals surface area contributed by atoms with Crippen LogP contribution in [0.2, 0.25) is 0 Å². The minimum Gasteiger partial charge on any atom is -0.462 e. The van der Waals surface area contributed by atoms with Gasteiger partial charge in [-0.05, 0) is 42.5 Å². The molecule has 2 aromatic rings. The van der Waals surface area contributed by atoms with E-state index in [0.717, 1.165) is 17.5 Å². The predicted molar refractivity (Wildman–Crippen MR) is 95.7 cm³/mol. The van der Waals surface area contributed by atoms with Gasteiger partial charge < -0.3 is 4.74 Å². The molecule has 0 aromatic heterocycles.